The lowest BCUT2D eigenvalue weighted by Crippen LogP contribution is -2.35. The van der Waals surface area contributed by atoms with Crippen molar-refractivity contribution in [3.8, 4) is 0 Å². The molecule has 1 saturated carbocycles. The van der Waals surface area contributed by atoms with Crippen molar-refractivity contribution in [2.24, 2.45) is 17.1 Å². The molecule has 0 saturated heterocycles. The van der Waals surface area contributed by atoms with Gasteiger partial charge in [-0.3, -0.25) is 0 Å². The minimum Gasteiger partial charge on any atom is -0.388 e. The average molecular weight is 255 g/mol. The topological polar surface area (TPSA) is 46.2 Å². The normalized spacial score (nSPS) is 29.5. The van der Waals surface area contributed by atoms with Gasteiger partial charge in [0.15, 0.2) is 11.6 Å². The summed E-state index contributed by atoms with van der Waals surface area (Å²) < 4.78 is 26.9. The first-order valence-corrected chi connectivity index (χ1v) is 6.32. The van der Waals surface area contributed by atoms with Crippen molar-refractivity contribution in [3.63, 3.8) is 0 Å². The second-order valence-corrected chi connectivity index (χ2v) is 5.46. The third kappa shape index (κ3) is 2.15. The summed E-state index contributed by atoms with van der Waals surface area (Å²) in [7, 11) is 0. The van der Waals surface area contributed by atoms with Crippen molar-refractivity contribution in [1.29, 1.82) is 0 Å². The van der Waals surface area contributed by atoms with Gasteiger partial charge in [-0.05, 0) is 24.8 Å². The minimum absolute atomic E-state index is 0.0227. The first-order valence-electron chi connectivity index (χ1n) is 6.32. The van der Waals surface area contributed by atoms with E-state index in [2.05, 4.69) is 6.92 Å². The molecule has 1 aromatic rings. The zero-order chi connectivity index (χ0) is 13.3. The van der Waals surface area contributed by atoms with Crippen LogP contribution in [0.5, 0.6) is 0 Å². The molecule has 3 N–H and O–H groups in total. The summed E-state index contributed by atoms with van der Waals surface area (Å²) >= 11 is 0. The maximum Gasteiger partial charge on any atom is 0.164 e. The van der Waals surface area contributed by atoms with Crippen LogP contribution in [0.4, 0.5) is 8.78 Å². The van der Waals surface area contributed by atoms with Crippen molar-refractivity contribution in [3.05, 3.63) is 35.4 Å². The molecule has 1 aliphatic carbocycles. The average Bonchev–Trinajstić information content (AvgIpc) is 2.75. The highest BCUT2D eigenvalue weighted by Crippen LogP contribution is 2.49. The van der Waals surface area contributed by atoms with Gasteiger partial charge in [0, 0.05) is 17.5 Å². The molecular weight excluding hydrogens is 236 g/mol. The molecule has 1 aromatic carbocycles. The molecule has 0 aliphatic heterocycles. The van der Waals surface area contributed by atoms with Crippen LogP contribution in [0.3, 0.4) is 0 Å². The minimum atomic E-state index is -1.04. The Morgan fingerprint density at radius 1 is 1.50 bits per heavy atom. The molecule has 3 unspecified atom stereocenters. The van der Waals surface area contributed by atoms with E-state index in [1.807, 2.05) is 0 Å². The predicted molar refractivity (Wildman–Crippen MR) is 65.8 cm³/mol. The molecule has 1 aliphatic rings. The molecular formula is C14H19F2NO. The van der Waals surface area contributed by atoms with E-state index in [1.165, 1.54) is 12.1 Å². The van der Waals surface area contributed by atoms with Gasteiger partial charge in [0.05, 0.1) is 6.10 Å². The van der Waals surface area contributed by atoms with E-state index in [4.69, 9.17) is 5.73 Å². The van der Waals surface area contributed by atoms with E-state index in [0.29, 0.717) is 5.92 Å². The number of nitrogens with two attached hydrogens (primary N) is 1. The number of rotatable bonds is 3. The predicted octanol–water partition coefficient (Wildman–Crippen LogP) is 2.76. The third-order valence-electron chi connectivity index (χ3n) is 4.15. The number of halogens is 2. The fourth-order valence-electron chi connectivity index (χ4n) is 3.04. The Balaban J connectivity index is 2.35. The number of hydrogen-bond donors (Lipinski definition) is 2. The van der Waals surface area contributed by atoms with Crippen LogP contribution in [-0.2, 0) is 0 Å². The molecule has 100 valence electrons. The van der Waals surface area contributed by atoms with Crippen LogP contribution in [-0.4, -0.2) is 11.7 Å². The smallest absolute Gasteiger partial charge is 0.164 e. The molecule has 1 fully saturated rings. The van der Waals surface area contributed by atoms with Crippen LogP contribution in [0.15, 0.2) is 18.2 Å². The molecule has 0 amide bonds. The Labute approximate surface area is 106 Å². The maximum atomic E-state index is 13.7. The van der Waals surface area contributed by atoms with E-state index in [0.717, 1.165) is 25.3 Å². The fraction of sp³-hybridized carbons (Fsp3) is 0.571. The molecule has 2 nitrogen and oxygen atoms in total. The summed E-state index contributed by atoms with van der Waals surface area (Å²) in [5.41, 5.74) is 5.28. The molecule has 3 atom stereocenters. The summed E-state index contributed by atoms with van der Waals surface area (Å²) in [4.78, 5) is 0. The second kappa shape index (κ2) is 4.94. The largest absolute Gasteiger partial charge is 0.388 e. The van der Waals surface area contributed by atoms with Gasteiger partial charge in [-0.1, -0.05) is 25.5 Å². The Kier molecular flexibility index (Phi) is 3.69. The summed E-state index contributed by atoms with van der Waals surface area (Å²) in [6, 6.07) is 3.90. The number of aliphatic hydroxyl groups excluding tert-OH is 1. The summed E-state index contributed by atoms with van der Waals surface area (Å²) in [5, 5.41) is 10.4. The lowest BCUT2D eigenvalue weighted by atomic mass is 9.76. The summed E-state index contributed by atoms with van der Waals surface area (Å²) in [6.45, 7) is 2.38. The fourth-order valence-corrected chi connectivity index (χ4v) is 3.04. The third-order valence-corrected chi connectivity index (χ3v) is 4.15. The van der Waals surface area contributed by atoms with Crippen molar-refractivity contribution < 1.29 is 13.9 Å². The monoisotopic (exact) mass is 255 g/mol. The van der Waals surface area contributed by atoms with Crippen LogP contribution >= 0.6 is 0 Å². The molecule has 0 radical (unpaired) electrons. The highest BCUT2D eigenvalue weighted by atomic mass is 19.2. The molecule has 0 bridgehead atoms. The number of benzene rings is 1. The van der Waals surface area contributed by atoms with Gasteiger partial charge in [0.2, 0.25) is 0 Å². The van der Waals surface area contributed by atoms with Gasteiger partial charge < -0.3 is 10.8 Å². The van der Waals surface area contributed by atoms with E-state index in [1.54, 1.807) is 0 Å². The van der Waals surface area contributed by atoms with Crippen molar-refractivity contribution in [2.45, 2.75) is 32.3 Å². The molecule has 0 spiro atoms. The lowest BCUT2D eigenvalue weighted by Gasteiger charge is -2.33. The summed E-state index contributed by atoms with van der Waals surface area (Å²) in [5.74, 6) is -1.43. The first kappa shape index (κ1) is 13.4. The van der Waals surface area contributed by atoms with E-state index in [9.17, 15) is 13.9 Å². The maximum absolute atomic E-state index is 13.7. The zero-order valence-electron chi connectivity index (χ0n) is 10.5. The van der Waals surface area contributed by atoms with E-state index >= 15 is 0 Å². The van der Waals surface area contributed by atoms with Gasteiger partial charge in [-0.15, -0.1) is 0 Å². The van der Waals surface area contributed by atoms with Crippen LogP contribution in [0.25, 0.3) is 0 Å². The van der Waals surface area contributed by atoms with Crippen LogP contribution in [0, 0.1) is 23.0 Å². The van der Waals surface area contributed by atoms with Gasteiger partial charge in [-0.2, -0.15) is 0 Å². The first-order chi connectivity index (χ1) is 8.50. The Bertz CT molecular complexity index is 438. The van der Waals surface area contributed by atoms with Crippen LogP contribution < -0.4 is 5.73 Å². The Morgan fingerprint density at radius 3 is 2.78 bits per heavy atom. The van der Waals surface area contributed by atoms with E-state index < -0.39 is 23.2 Å². The van der Waals surface area contributed by atoms with E-state index in [-0.39, 0.29) is 12.1 Å². The van der Waals surface area contributed by atoms with Crippen molar-refractivity contribution >= 4 is 0 Å². The Morgan fingerprint density at radius 2 is 2.22 bits per heavy atom. The lowest BCUT2D eigenvalue weighted by molar-refractivity contribution is 0.0276. The van der Waals surface area contributed by atoms with Gasteiger partial charge in [0.1, 0.15) is 0 Å². The quantitative estimate of drug-likeness (QED) is 0.872. The number of aliphatic hydroxyl groups is 1. The van der Waals surface area contributed by atoms with Gasteiger partial charge >= 0.3 is 0 Å². The Hall–Kier alpha value is -1.00. The molecule has 2 rings (SSSR count). The van der Waals surface area contributed by atoms with Crippen molar-refractivity contribution in [1.82, 2.24) is 0 Å². The van der Waals surface area contributed by atoms with Crippen LogP contribution in [0.2, 0.25) is 0 Å². The van der Waals surface area contributed by atoms with Crippen LogP contribution in [0.1, 0.15) is 37.9 Å². The standard InChI is InChI=1S/C14H19F2NO/c1-9-5-6-14(7-9,8-17)13(18)10-3-2-4-11(15)12(10)16/h2-4,9,13,18H,5-8,17H2,1H3. The summed E-state index contributed by atoms with van der Waals surface area (Å²) in [6.07, 6.45) is 1.43. The van der Waals surface area contributed by atoms with Crippen molar-refractivity contribution in [2.75, 3.05) is 6.54 Å². The molecule has 0 aromatic heterocycles. The molecule has 4 heteroatoms. The second-order valence-electron chi connectivity index (χ2n) is 5.46. The highest BCUT2D eigenvalue weighted by molar-refractivity contribution is 5.24. The molecule has 18 heavy (non-hydrogen) atoms. The SMILES string of the molecule is CC1CCC(CN)(C(O)c2cccc(F)c2F)C1. The highest BCUT2D eigenvalue weighted by Gasteiger charge is 2.43. The van der Waals surface area contributed by atoms with Gasteiger partial charge in [-0.25, -0.2) is 8.78 Å². The van der Waals surface area contributed by atoms with Gasteiger partial charge in [0.25, 0.3) is 0 Å². The molecule has 0 heterocycles. The zero-order valence-corrected chi connectivity index (χ0v) is 10.5. The number of hydrogen-bond acceptors (Lipinski definition) is 2.